The molecule has 1 saturated heterocycles. The molecule has 118 valence electrons. The van der Waals surface area contributed by atoms with E-state index in [0.29, 0.717) is 29.8 Å². The van der Waals surface area contributed by atoms with Crippen molar-refractivity contribution in [2.24, 2.45) is 11.7 Å². The molecule has 1 aromatic carbocycles. The average molecular weight is 295 g/mol. The molecule has 1 fully saturated rings. The zero-order valence-electron chi connectivity index (χ0n) is 13.1. The van der Waals surface area contributed by atoms with Gasteiger partial charge in [0, 0.05) is 18.6 Å². The predicted molar refractivity (Wildman–Crippen MR) is 81.3 cm³/mol. The van der Waals surface area contributed by atoms with E-state index in [9.17, 15) is 0 Å². The van der Waals surface area contributed by atoms with Gasteiger partial charge in [-0.05, 0) is 37.5 Å². The highest BCUT2D eigenvalue weighted by Gasteiger charge is 2.20. The molecule has 2 unspecified atom stereocenters. The number of ether oxygens (including phenoxy) is 4. The van der Waals surface area contributed by atoms with Gasteiger partial charge in [-0.3, -0.25) is 0 Å². The number of nitrogens with two attached hydrogens (primary N) is 1. The van der Waals surface area contributed by atoms with E-state index in [4.69, 9.17) is 24.7 Å². The van der Waals surface area contributed by atoms with Gasteiger partial charge in [-0.2, -0.15) is 0 Å². The molecular weight excluding hydrogens is 270 g/mol. The van der Waals surface area contributed by atoms with Gasteiger partial charge < -0.3 is 24.7 Å². The summed E-state index contributed by atoms with van der Waals surface area (Å²) < 4.78 is 22.2. The summed E-state index contributed by atoms with van der Waals surface area (Å²) in [4.78, 5) is 0. The van der Waals surface area contributed by atoms with Crippen LogP contribution in [0.15, 0.2) is 12.1 Å². The van der Waals surface area contributed by atoms with Crippen molar-refractivity contribution in [1.82, 2.24) is 0 Å². The van der Waals surface area contributed by atoms with Crippen LogP contribution in [-0.2, 0) is 11.2 Å². The Bertz CT molecular complexity index is 431. The zero-order valence-corrected chi connectivity index (χ0v) is 13.1. The lowest BCUT2D eigenvalue weighted by Gasteiger charge is -2.18. The summed E-state index contributed by atoms with van der Waals surface area (Å²) in [6, 6.07) is 4.01. The summed E-state index contributed by atoms with van der Waals surface area (Å²) in [5.41, 5.74) is 6.94. The average Bonchev–Trinajstić information content (AvgIpc) is 2.97. The van der Waals surface area contributed by atoms with Gasteiger partial charge in [-0.1, -0.05) is 0 Å². The number of benzene rings is 1. The quantitative estimate of drug-likeness (QED) is 0.833. The monoisotopic (exact) mass is 295 g/mol. The van der Waals surface area contributed by atoms with Crippen LogP contribution in [0, 0.1) is 5.92 Å². The Labute approximate surface area is 126 Å². The Balaban J connectivity index is 2.16. The van der Waals surface area contributed by atoms with Crippen LogP contribution in [-0.4, -0.2) is 40.1 Å². The fourth-order valence-corrected chi connectivity index (χ4v) is 2.48. The van der Waals surface area contributed by atoms with Crippen molar-refractivity contribution in [1.29, 1.82) is 0 Å². The third kappa shape index (κ3) is 4.25. The normalized spacial score (nSPS) is 19.3. The maximum Gasteiger partial charge on any atom is 0.203 e. The molecule has 21 heavy (non-hydrogen) atoms. The van der Waals surface area contributed by atoms with Gasteiger partial charge in [-0.25, -0.2) is 0 Å². The Morgan fingerprint density at radius 3 is 2.43 bits per heavy atom. The van der Waals surface area contributed by atoms with Gasteiger partial charge in [-0.15, -0.1) is 0 Å². The summed E-state index contributed by atoms with van der Waals surface area (Å²) in [5, 5.41) is 0. The van der Waals surface area contributed by atoms with Gasteiger partial charge in [0.25, 0.3) is 0 Å². The van der Waals surface area contributed by atoms with Gasteiger partial charge in [0.2, 0.25) is 5.75 Å². The second-order valence-electron chi connectivity index (χ2n) is 5.55. The fourth-order valence-electron chi connectivity index (χ4n) is 2.48. The van der Waals surface area contributed by atoms with E-state index in [2.05, 4.69) is 0 Å². The SMILES string of the molecule is COc1cc(CC(C)N)cc(OC)c1OCC1CCOC1. The molecular formula is C16H25NO4. The Kier molecular flexibility index (Phi) is 5.70. The molecule has 0 aromatic heterocycles. The molecule has 0 amide bonds. The summed E-state index contributed by atoms with van der Waals surface area (Å²) >= 11 is 0. The van der Waals surface area contributed by atoms with Crippen molar-refractivity contribution in [3.05, 3.63) is 17.7 Å². The minimum absolute atomic E-state index is 0.0850. The van der Waals surface area contributed by atoms with Crippen LogP contribution >= 0.6 is 0 Å². The first kappa shape index (κ1) is 15.9. The lowest BCUT2D eigenvalue weighted by Crippen LogP contribution is -2.18. The van der Waals surface area contributed by atoms with E-state index in [1.165, 1.54) is 0 Å². The lowest BCUT2D eigenvalue weighted by molar-refractivity contribution is 0.164. The predicted octanol–water partition coefficient (Wildman–Crippen LogP) is 2.01. The molecule has 0 aliphatic carbocycles. The third-order valence-corrected chi connectivity index (χ3v) is 3.57. The maximum absolute atomic E-state index is 5.93. The smallest absolute Gasteiger partial charge is 0.203 e. The lowest BCUT2D eigenvalue weighted by atomic mass is 10.1. The number of methoxy groups -OCH3 is 2. The number of hydrogen-bond donors (Lipinski definition) is 1. The minimum Gasteiger partial charge on any atom is -0.493 e. The molecule has 1 heterocycles. The molecule has 2 N–H and O–H groups in total. The van der Waals surface area contributed by atoms with Crippen molar-refractivity contribution in [2.45, 2.75) is 25.8 Å². The molecule has 0 saturated carbocycles. The zero-order chi connectivity index (χ0) is 15.2. The van der Waals surface area contributed by atoms with Crippen LogP contribution in [0.5, 0.6) is 17.2 Å². The molecule has 0 radical (unpaired) electrons. The molecule has 1 aliphatic rings. The maximum atomic E-state index is 5.93. The van der Waals surface area contributed by atoms with Gasteiger partial charge in [0.1, 0.15) is 0 Å². The summed E-state index contributed by atoms with van der Waals surface area (Å²) in [7, 11) is 3.27. The van der Waals surface area contributed by atoms with Crippen LogP contribution in [0.25, 0.3) is 0 Å². The molecule has 1 aliphatic heterocycles. The molecule has 2 rings (SSSR count). The van der Waals surface area contributed by atoms with Crippen molar-refractivity contribution < 1.29 is 18.9 Å². The van der Waals surface area contributed by atoms with Crippen LogP contribution in [0.2, 0.25) is 0 Å². The van der Waals surface area contributed by atoms with Crippen molar-refractivity contribution >= 4 is 0 Å². The summed E-state index contributed by atoms with van der Waals surface area (Å²) in [6.45, 7) is 4.16. The Morgan fingerprint density at radius 2 is 1.95 bits per heavy atom. The van der Waals surface area contributed by atoms with Crippen molar-refractivity contribution in [3.63, 3.8) is 0 Å². The molecule has 1 aromatic rings. The van der Waals surface area contributed by atoms with Crippen LogP contribution in [0.1, 0.15) is 18.9 Å². The van der Waals surface area contributed by atoms with E-state index < -0.39 is 0 Å². The Hall–Kier alpha value is -1.46. The number of rotatable bonds is 7. The van der Waals surface area contributed by atoms with Crippen LogP contribution < -0.4 is 19.9 Å². The second-order valence-corrected chi connectivity index (χ2v) is 5.55. The molecule has 5 heteroatoms. The summed E-state index contributed by atoms with van der Waals surface area (Å²) in [6.07, 6.45) is 1.80. The van der Waals surface area contributed by atoms with E-state index in [0.717, 1.165) is 31.6 Å². The van der Waals surface area contributed by atoms with E-state index in [1.807, 2.05) is 19.1 Å². The molecule has 2 atom stereocenters. The van der Waals surface area contributed by atoms with Crippen LogP contribution in [0.3, 0.4) is 0 Å². The van der Waals surface area contributed by atoms with Gasteiger partial charge in [0.05, 0.1) is 27.4 Å². The highest BCUT2D eigenvalue weighted by atomic mass is 16.5. The number of hydrogen-bond acceptors (Lipinski definition) is 5. The van der Waals surface area contributed by atoms with E-state index in [-0.39, 0.29) is 6.04 Å². The molecule has 5 nitrogen and oxygen atoms in total. The first-order valence-corrected chi connectivity index (χ1v) is 7.35. The largest absolute Gasteiger partial charge is 0.493 e. The van der Waals surface area contributed by atoms with Crippen LogP contribution in [0.4, 0.5) is 0 Å². The Morgan fingerprint density at radius 1 is 1.29 bits per heavy atom. The van der Waals surface area contributed by atoms with E-state index in [1.54, 1.807) is 14.2 Å². The fraction of sp³-hybridized carbons (Fsp3) is 0.625. The van der Waals surface area contributed by atoms with Crippen molar-refractivity contribution in [2.75, 3.05) is 34.0 Å². The first-order valence-electron chi connectivity index (χ1n) is 7.35. The first-order chi connectivity index (χ1) is 10.1. The van der Waals surface area contributed by atoms with Crippen molar-refractivity contribution in [3.8, 4) is 17.2 Å². The van der Waals surface area contributed by atoms with Gasteiger partial charge in [0.15, 0.2) is 11.5 Å². The third-order valence-electron chi connectivity index (χ3n) is 3.57. The highest BCUT2D eigenvalue weighted by Crippen LogP contribution is 2.39. The second kappa shape index (κ2) is 7.52. The standard InChI is InChI=1S/C16H25NO4/c1-11(17)6-13-7-14(18-2)16(15(8-13)19-3)21-10-12-4-5-20-9-12/h7-8,11-12H,4-6,9-10,17H2,1-3H3. The molecule has 0 bridgehead atoms. The minimum atomic E-state index is 0.0850. The highest BCUT2D eigenvalue weighted by molar-refractivity contribution is 5.54. The molecule has 0 spiro atoms. The van der Waals surface area contributed by atoms with E-state index >= 15 is 0 Å². The topological polar surface area (TPSA) is 62.9 Å². The van der Waals surface area contributed by atoms with Gasteiger partial charge >= 0.3 is 0 Å². The summed E-state index contributed by atoms with van der Waals surface area (Å²) in [5.74, 6) is 2.45.